The molecule has 0 radical (unpaired) electrons. The van der Waals surface area contributed by atoms with Crippen LogP contribution in [0, 0.1) is 0 Å². The lowest BCUT2D eigenvalue weighted by molar-refractivity contribution is 0.0945. The minimum atomic E-state index is -0.250. The van der Waals surface area contributed by atoms with Gasteiger partial charge in [0.05, 0.1) is 12.2 Å². The zero-order valence-corrected chi connectivity index (χ0v) is 10.8. The molecule has 0 bridgehead atoms. The quantitative estimate of drug-likeness (QED) is 0.869. The number of anilines is 1. The van der Waals surface area contributed by atoms with Crippen LogP contribution in [0.25, 0.3) is 0 Å². The molecule has 2 rings (SSSR count). The third-order valence-corrected chi connectivity index (χ3v) is 2.80. The highest BCUT2D eigenvalue weighted by atomic mass is 16.1. The van der Waals surface area contributed by atoms with Crippen molar-refractivity contribution in [1.82, 2.24) is 15.3 Å². The molecule has 5 nitrogen and oxygen atoms in total. The van der Waals surface area contributed by atoms with Crippen molar-refractivity contribution >= 4 is 11.6 Å². The maximum atomic E-state index is 11.9. The van der Waals surface area contributed by atoms with Gasteiger partial charge in [-0.3, -0.25) is 14.8 Å². The molecule has 1 amide bonds. The molecule has 0 aromatic carbocycles. The van der Waals surface area contributed by atoms with Gasteiger partial charge in [0.15, 0.2) is 0 Å². The van der Waals surface area contributed by atoms with E-state index in [1.165, 1.54) is 6.20 Å². The predicted molar refractivity (Wildman–Crippen MR) is 73.4 cm³/mol. The summed E-state index contributed by atoms with van der Waals surface area (Å²) < 4.78 is 0. The molecular weight excluding hydrogens is 240 g/mol. The van der Waals surface area contributed by atoms with Crippen molar-refractivity contribution in [3.63, 3.8) is 0 Å². The van der Waals surface area contributed by atoms with E-state index < -0.39 is 0 Å². The Morgan fingerprint density at radius 2 is 2.16 bits per heavy atom. The summed E-state index contributed by atoms with van der Waals surface area (Å²) >= 11 is 0. The van der Waals surface area contributed by atoms with Crippen molar-refractivity contribution in [2.45, 2.75) is 19.9 Å². The Bertz CT molecular complexity index is 583. The van der Waals surface area contributed by atoms with E-state index in [9.17, 15) is 4.79 Å². The molecule has 0 spiro atoms. The second kappa shape index (κ2) is 5.95. The molecule has 0 atom stereocenters. The van der Waals surface area contributed by atoms with E-state index in [1.807, 2.05) is 12.1 Å². The first kappa shape index (κ1) is 13.0. The largest absolute Gasteiger partial charge is 0.399 e. The van der Waals surface area contributed by atoms with Gasteiger partial charge in [0, 0.05) is 18.1 Å². The van der Waals surface area contributed by atoms with Crippen molar-refractivity contribution in [3.05, 3.63) is 53.6 Å². The van der Waals surface area contributed by atoms with Crippen LogP contribution in [0.5, 0.6) is 0 Å². The van der Waals surface area contributed by atoms with Crippen LogP contribution in [-0.2, 0) is 13.0 Å². The Hall–Kier alpha value is -2.43. The molecule has 0 fully saturated rings. The Kier molecular flexibility index (Phi) is 4.07. The van der Waals surface area contributed by atoms with E-state index in [0.717, 1.165) is 17.7 Å². The monoisotopic (exact) mass is 256 g/mol. The summed E-state index contributed by atoms with van der Waals surface area (Å²) in [6.45, 7) is 2.45. The second-order valence-electron chi connectivity index (χ2n) is 4.12. The Labute approximate surface area is 111 Å². The summed E-state index contributed by atoms with van der Waals surface area (Å²) in [6.07, 6.45) is 4.12. The van der Waals surface area contributed by atoms with Gasteiger partial charge >= 0.3 is 0 Å². The molecule has 2 aromatic heterocycles. The fourth-order valence-corrected chi connectivity index (χ4v) is 1.78. The van der Waals surface area contributed by atoms with Crippen LogP contribution >= 0.6 is 0 Å². The highest BCUT2D eigenvalue weighted by molar-refractivity contribution is 5.92. The first-order chi connectivity index (χ1) is 9.20. The molecule has 0 aliphatic heterocycles. The van der Waals surface area contributed by atoms with Crippen molar-refractivity contribution in [2.24, 2.45) is 0 Å². The topological polar surface area (TPSA) is 80.9 Å². The number of carbonyl (C=O) groups is 1. The maximum absolute atomic E-state index is 11.9. The van der Waals surface area contributed by atoms with Gasteiger partial charge in [0.2, 0.25) is 0 Å². The van der Waals surface area contributed by atoms with Crippen molar-refractivity contribution in [3.8, 4) is 0 Å². The molecular formula is C14H16N4O. The van der Waals surface area contributed by atoms with E-state index in [4.69, 9.17) is 5.73 Å². The Morgan fingerprint density at radius 1 is 1.32 bits per heavy atom. The number of rotatable bonds is 4. The smallest absolute Gasteiger partial charge is 0.270 e. The molecule has 0 aliphatic rings. The third-order valence-electron chi connectivity index (χ3n) is 2.80. The molecule has 0 unspecified atom stereocenters. The van der Waals surface area contributed by atoms with Crippen LogP contribution < -0.4 is 11.1 Å². The van der Waals surface area contributed by atoms with E-state index in [0.29, 0.717) is 17.9 Å². The number of aromatic nitrogens is 2. The normalized spacial score (nSPS) is 10.2. The first-order valence-electron chi connectivity index (χ1n) is 6.13. The third kappa shape index (κ3) is 3.28. The van der Waals surface area contributed by atoms with Gasteiger partial charge in [-0.05, 0) is 30.2 Å². The highest BCUT2D eigenvalue weighted by Crippen LogP contribution is 2.07. The van der Waals surface area contributed by atoms with Crippen LogP contribution in [0.3, 0.4) is 0 Å². The number of carbonyl (C=O) groups excluding carboxylic acids is 1. The zero-order chi connectivity index (χ0) is 13.7. The molecule has 2 aromatic rings. The van der Waals surface area contributed by atoms with Crippen molar-refractivity contribution in [1.29, 1.82) is 0 Å². The molecule has 0 saturated heterocycles. The highest BCUT2D eigenvalue weighted by Gasteiger charge is 2.08. The SMILES string of the molecule is CCc1cccnc1CNC(=O)c1cc(N)ccn1. The van der Waals surface area contributed by atoms with Crippen molar-refractivity contribution in [2.75, 3.05) is 5.73 Å². The van der Waals surface area contributed by atoms with Gasteiger partial charge in [-0.15, -0.1) is 0 Å². The van der Waals surface area contributed by atoms with Gasteiger partial charge in [0.1, 0.15) is 5.69 Å². The number of pyridine rings is 2. The molecule has 98 valence electrons. The number of nitrogens with two attached hydrogens (primary N) is 1. The number of aryl methyl sites for hydroxylation is 1. The average molecular weight is 256 g/mol. The van der Waals surface area contributed by atoms with Crippen LogP contribution in [0.2, 0.25) is 0 Å². The lowest BCUT2D eigenvalue weighted by atomic mass is 10.1. The second-order valence-corrected chi connectivity index (χ2v) is 4.12. The number of nitrogens with zero attached hydrogens (tertiary/aromatic N) is 2. The number of hydrogen-bond acceptors (Lipinski definition) is 4. The summed E-state index contributed by atoms with van der Waals surface area (Å²) in [7, 11) is 0. The van der Waals surface area contributed by atoms with Crippen LogP contribution in [0.4, 0.5) is 5.69 Å². The maximum Gasteiger partial charge on any atom is 0.270 e. The molecule has 2 heterocycles. The first-order valence-corrected chi connectivity index (χ1v) is 6.13. The summed E-state index contributed by atoms with van der Waals surface area (Å²) in [5, 5.41) is 2.80. The van der Waals surface area contributed by atoms with E-state index in [1.54, 1.807) is 18.3 Å². The predicted octanol–water partition coefficient (Wildman–Crippen LogP) is 1.55. The standard InChI is InChI=1S/C14H16N4O/c1-2-10-4-3-6-16-13(10)9-18-14(19)12-8-11(15)5-7-17-12/h3-8H,2,9H2,1H3,(H2,15,17)(H,18,19). The number of nitrogen functional groups attached to an aromatic ring is 1. The van der Waals surface area contributed by atoms with E-state index >= 15 is 0 Å². The Morgan fingerprint density at radius 3 is 2.89 bits per heavy atom. The number of nitrogens with one attached hydrogen (secondary N) is 1. The summed E-state index contributed by atoms with van der Waals surface area (Å²) in [5.41, 5.74) is 8.46. The minimum Gasteiger partial charge on any atom is -0.399 e. The lowest BCUT2D eigenvalue weighted by Gasteiger charge is -2.08. The summed E-state index contributed by atoms with van der Waals surface area (Å²) in [4.78, 5) is 20.2. The molecule has 0 saturated carbocycles. The molecule has 19 heavy (non-hydrogen) atoms. The summed E-state index contributed by atoms with van der Waals surface area (Å²) in [6, 6.07) is 7.09. The molecule has 5 heteroatoms. The zero-order valence-electron chi connectivity index (χ0n) is 10.8. The van der Waals surface area contributed by atoms with Crippen molar-refractivity contribution < 1.29 is 4.79 Å². The van der Waals surface area contributed by atoms with Gasteiger partial charge in [-0.1, -0.05) is 13.0 Å². The number of amides is 1. The van der Waals surface area contributed by atoms with Gasteiger partial charge < -0.3 is 11.1 Å². The minimum absolute atomic E-state index is 0.250. The average Bonchev–Trinajstić information content (AvgIpc) is 2.45. The van der Waals surface area contributed by atoms with E-state index in [2.05, 4.69) is 22.2 Å². The fourth-order valence-electron chi connectivity index (χ4n) is 1.78. The molecule has 0 aliphatic carbocycles. The van der Waals surface area contributed by atoms with Gasteiger partial charge in [-0.2, -0.15) is 0 Å². The van der Waals surface area contributed by atoms with Crippen LogP contribution in [0.1, 0.15) is 28.7 Å². The van der Waals surface area contributed by atoms with Crippen LogP contribution in [0.15, 0.2) is 36.7 Å². The van der Waals surface area contributed by atoms with Gasteiger partial charge in [0.25, 0.3) is 5.91 Å². The lowest BCUT2D eigenvalue weighted by Crippen LogP contribution is -2.25. The van der Waals surface area contributed by atoms with Crippen LogP contribution in [-0.4, -0.2) is 15.9 Å². The van der Waals surface area contributed by atoms with Gasteiger partial charge in [-0.25, -0.2) is 0 Å². The Balaban J connectivity index is 2.04. The molecule has 3 N–H and O–H groups in total. The fraction of sp³-hybridized carbons (Fsp3) is 0.214. The van der Waals surface area contributed by atoms with E-state index in [-0.39, 0.29) is 5.91 Å². The summed E-state index contributed by atoms with van der Waals surface area (Å²) in [5.74, 6) is -0.250. The number of hydrogen-bond donors (Lipinski definition) is 2.